The summed E-state index contributed by atoms with van der Waals surface area (Å²) in [6, 6.07) is 12.6. The molecule has 27 heavy (non-hydrogen) atoms. The van der Waals surface area contributed by atoms with Crippen molar-refractivity contribution in [3.63, 3.8) is 0 Å². The number of carbonyl (C=O) groups is 1. The largest absolute Gasteiger partial charge is 0.497 e. The minimum absolute atomic E-state index is 0.178. The SMILES string of the molecule is COc1ccc(N=Nc2nc[nH]c2C(=O)Nc2ccc(C)cc2)c(OC)c1. The zero-order valence-electron chi connectivity index (χ0n) is 15.2. The number of imidazole rings is 1. The Hall–Kier alpha value is -3.68. The fraction of sp³-hybridized carbons (Fsp3) is 0.158. The number of hydrogen-bond donors (Lipinski definition) is 2. The molecule has 8 heteroatoms. The van der Waals surface area contributed by atoms with Crippen LogP contribution >= 0.6 is 0 Å². The van der Waals surface area contributed by atoms with Gasteiger partial charge in [0, 0.05) is 11.8 Å². The lowest BCUT2D eigenvalue weighted by atomic mass is 10.2. The fourth-order valence-electron chi connectivity index (χ4n) is 2.33. The lowest BCUT2D eigenvalue weighted by molar-refractivity contribution is 0.102. The van der Waals surface area contributed by atoms with E-state index < -0.39 is 0 Å². The summed E-state index contributed by atoms with van der Waals surface area (Å²) in [5.41, 5.74) is 2.50. The van der Waals surface area contributed by atoms with Gasteiger partial charge in [0.2, 0.25) is 5.82 Å². The molecule has 138 valence electrons. The summed E-state index contributed by atoms with van der Waals surface area (Å²) in [6.45, 7) is 1.98. The van der Waals surface area contributed by atoms with Gasteiger partial charge in [-0.2, -0.15) is 0 Å². The molecule has 2 aromatic carbocycles. The van der Waals surface area contributed by atoms with E-state index in [0.29, 0.717) is 22.9 Å². The highest BCUT2D eigenvalue weighted by molar-refractivity contribution is 6.05. The van der Waals surface area contributed by atoms with Crippen LogP contribution in [0.1, 0.15) is 16.1 Å². The Morgan fingerprint density at radius 3 is 2.56 bits per heavy atom. The average Bonchev–Trinajstić information content (AvgIpc) is 3.16. The van der Waals surface area contributed by atoms with Crippen LogP contribution in [0.25, 0.3) is 0 Å². The fourth-order valence-corrected chi connectivity index (χ4v) is 2.33. The number of hydrogen-bond acceptors (Lipinski definition) is 6. The number of nitrogens with zero attached hydrogens (tertiary/aromatic N) is 3. The monoisotopic (exact) mass is 365 g/mol. The average molecular weight is 365 g/mol. The molecule has 0 radical (unpaired) electrons. The number of aryl methyl sites for hydroxylation is 1. The van der Waals surface area contributed by atoms with E-state index >= 15 is 0 Å². The Bertz CT molecular complexity index is 964. The van der Waals surface area contributed by atoms with Gasteiger partial charge < -0.3 is 19.8 Å². The third-order valence-corrected chi connectivity index (χ3v) is 3.80. The highest BCUT2D eigenvalue weighted by Crippen LogP contribution is 2.32. The molecule has 3 rings (SSSR count). The number of anilines is 1. The molecule has 1 aromatic heterocycles. The highest BCUT2D eigenvalue weighted by Gasteiger charge is 2.15. The van der Waals surface area contributed by atoms with E-state index in [-0.39, 0.29) is 17.4 Å². The van der Waals surface area contributed by atoms with Crippen molar-refractivity contribution in [3.8, 4) is 11.5 Å². The van der Waals surface area contributed by atoms with Gasteiger partial charge >= 0.3 is 0 Å². The van der Waals surface area contributed by atoms with Gasteiger partial charge in [-0.15, -0.1) is 10.2 Å². The molecule has 2 N–H and O–H groups in total. The van der Waals surface area contributed by atoms with Crippen LogP contribution in [0, 0.1) is 6.92 Å². The number of methoxy groups -OCH3 is 2. The molecule has 0 saturated heterocycles. The summed E-state index contributed by atoms with van der Waals surface area (Å²) in [4.78, 5) is 19.3. The van der Waals surface area contributed by atoms with Crippen molar-refractivity contribution >= 4 is 23.1 Å². The van der Waals surface area contributed by atoms with Gasteiger partial charge in [-0.05, 0) is 31.2 Å². The summed E-state index contributed by atoms with van der Waals surface area (Å²) in [5, 5.41) is 11.0. The van der Waals surface area contributed by atoms with E-state index in [1.54, 1.807) is 25.3 Å². The topological polar surface area (TPSA) is 101 Å². The normalized spacial score (nSPS) is 10.8. The third-order valence-electron chi connectivity index (χ3n) is 3.80. The van der Waals surface area contributed by atoms with Crippen LogP contribution in [0.4, 0.5) is 17.2 Å². The van der Waals surface area contributed by atoms with Crippen LogP contribution < -0.4 is 14.8 Å². The van der Waals surface area contributed by atoms with Crippen LogP contribution in [0.3, 0.4) is 0 Å². The molecule has 0 aliphatic heterocycles. The number of ether oxygens (including phenoxy) is 2. The maximum absolute atomic E-state index is 12.5. The smallest absolute Gasteiger partial charge is 0.276 e. The molecule has 0 atom stereocenters. The minimum Gasteiger partial charge on any atom is -0.497 e. The number of H-pyrrole nitrogens is 1. The maximum atomic E-state index is 12.5. The molecular weight excluding hydrogens is 346 g/mol. The van der Waals surface area contributed by atoms with Crippen LogP contribution in [0.5, 0.6) is 11.5 Å². The summed E-state index contributed by atoms with van der Waals surface area (Å²) < 4.78 is 10.4. The zero-order valence-corrected chi connectivity index (χ0v) is 15.2. The van der Waals surface area contributed by atoms with E-state index in [2.05, 4.69) is 25.5 Å². The van der Waals surface area contributed by atoms with Crippen molar-refractivity contribution in [2.24, 2.45) is 10.2 Å². The van der Waals surface area contributed by atoms with Crippen molar-refractivity contribution < 1.29 is 14.3 Å². The molecule has 3 aromatic rings. The summed E-state index contributed by atoms with van der Waals surface area (Å²) >= 11 is 0. The first-order valence-electron chi connectivity index (χ1n) is 8.16. The predicted molar refractivity (Wildman–Crippen MR) is 101 cm³/mol. The Labute approximate surface area is 156 Å². The second-order valence-corrected chi connectivity index (χ2v) is 5.66. The van der Waals surface area contributed by atoms with Crippen molar-refractivity contribution in [2.75, 3.05) is 19.5 Å². The standard InChI is InChI=1S/C19H19N5O3/c1-12-4-6-13(7-5-12)22-19(25)17-18(21-11-20-17)24-23-15-9-8-14(26-2)10-16(15)27-3/h4-11H,1-3H3,(H,20,21)(H,22,25). The second-order valence-electron chi connectivity index (χ2n) is 5.66. The third kappa shape index (κ3) is 4.30. The number of rotatable bonds is 6. The number of nitrogens with one attached hydrogen (secondary N) is 2. The lowest BCUT2D eigenvalue weighted by Crippen LogP contribution is -2.12. The second kappa shape index (κ2) is 8.13. The van der Waals surface area contributed by atoms with Gasteiger partial charge in [0.1, 0.15) is 17.2 Å². The maximum Gasteiger partial charge on any atom is 0.276 e. The van der Waals surface area contributed by atoms with Gasteiger partial charge in [-0.3, -0.25) is 4.79 Å². The molecule has 0 unspecified atom stereocenters. The van der Waals surface area contributed by atoms with E-state index in [1.807, 2.05) is 31.2 Å². The predicted octanol–water partition coefficient (Wildman–Crippen LogP) is 4.40. The molecule has 0 aliphatic carbocycles. The van der Waals surface area contributed by atoms with Gasteiger partial charge in [-0.25, -0.2) is 4.98 Å². The Morgan fingerprint density at radius 1 is 1.07 bits per heavy atom. The summed E-state index contributed by atoms with van der Waals surface area (Å²) in [7, 11) is 3.10. The van der Waals surface area contributed by atoms with Crippen molar-refractivity contribution in [1.29, 1.82) is 0 Å². The molecule has 0 saturated carbocycles. The van der Waals surface area contributed by atoms with Gasteiger partial charge in [0.25, 0.3) is 5.91 Å². The van der Waals surface area contributed by atoms with E-state index in [0.717, 1.165) is 5.56 Å². The number of aromatic nitrogens is 2. The molecule has 0 spiro atoms. The van der Waals surface area contributed by atoms with Crippen LogP contribution in [0.15, 0.2) is 59.0 Å². The van der Waals surface area contributed by atoms with E-state index in [1.165, 1.54) is 13.4 Å². The number of carbonyl (C=O) groups excluding carboxylic acids is 1. The number of amides is 1. The van der Waals surface area contributed by atoms with Crippen LogP contribution in [-0.4, -0.2) is 30.1 Å². The Morgan fingerprint density at radius 2 is 1.85 bits per heavy atom. The highest BCUT2D eigenvalue weighted by atomic mass is 16.5. The van der Waals surface area contributed by atoms with Gasteiger partial charge in [0.15, 0.2) is 5.69 Å². The molecule has 8 nitrogen and oxygen atoms in total. The van der Waals surface area contributed by atoms with E-state index in [9.17, 15) is 4.79 Å². The molecule has 0 fully saturated rings. The van der Waals surface area contributed by atoms with Crippen LogP contribution in [0.2, 0.25) is 0 Å². The number of benzene rings is 2. The first-order chi connectivity index (χ1) is 13.1. The van der Waals surface area contributed by atoms with Gasteiger partial charge in [-0.1, -0.05) is 17.7 Å². The molecular formula is C19H19N5O3. The van der Waals surface area contributed by atoms with Gasteiger partial charge in [0.05, 0.1) is 20.5 Å². The Kier molecular flexibility index (Phi) is 5.46. The van der Waals surface area contributed by atoms with Crippen molar-refractivity contribution in [1.82, 2.24) is 9.97 Å². The first-order valence-corrected chi connectivity index (χ1v) is 8.16. The van der Waals surface area contributed by atoms with Crippen molar-refractivity contribution in [2.45, 2.75) is 6.92 Å². The Balaban J connectivity index is 1.79. The summed E-state index contributed by atoms with van der Waals surface area (Å²) in [5.74, 6) is 0.965. The zero-order chi connectivity index (χ0) is 19.2. The molecule has 1 amide bonds. The number of azo groups is 1. The minimum atomic E-state index is -0.355. The first kappa shape index (κ1) is 18.1. The number of aromatic amines is 1. The lowest BCUT2D eigenvalue weighted by Gasteiger charge is -2.06. The van der Waals surface area contributed by atoms with Crippen LogP contribution in [-0.2, 0) is 0 Å². The summed E-state index contributed by atoms with van der Waals surface area (Å²) in [6.07, 6.45) is 1.39. The molecule has 0 bridgehead atoms. The molecule has 1 heterocycles. The van der Waals surface area contributed by atoms with E-state index in [4.69, 9.17) is 9.47 Å². The molecule has 0 aliphatic rings. The van der Waals surface area contributed by atoms with Crippen molar-refractivity contribution in [3.05, 3.63) is 60.0 Å². The quantitative estimate of drug-likeness (QED) is 0.632.